The van der Waals surface area contributed by atoms with E-state index in [2.05, 4.69) is 50.3 Å². The van der Waals surface area contributed by atoms with Gasteiger partial charge in [-0.25, -0.2) is 4.57 Å². The molecule has 0 heterocycles. The number of rotatable bonds is 42. The van der Waals surface area contributed by atoms with Gasteiger partial charge in [0.2, 0.25) is 0 Å². The van der Waals surface area contributed by atoms with Crippen molar-refractivity contribution >= 4 is 13.8 Å². The summed E-state index contributed by atoms with van der Waals surface area (Å²) in [6.07, 6.45) is 40.4. The molecule has 0 aliphatic heterocycles. The van der Waals surface area contributed by atoms with Crippen LogP contribution in [0.15, 0.2) is 60.8 Å². The van der Waals surface area contributed by atoms with Crippen LogP contribution in [0.3, 0.4) is 0 Å². The molecule has 1 aliphatic rings. The van der Waals surface area contributed by atoms with Crippen molar-refractivity contribution in [2.24, 2.45) is 0 Å². The van der Waals surface area contributed by atoms with E-state index in [0.29, 0.717) is 13.0 Å². The SMILES string of the molecule is CC/C=C\C/C=C\C/C=C\C/C=C\C/C=C\CC(=O)OC(COCCCCCCCCCCCCCCCCCCCCCCCC)COP(=O)(O)OC1C(O)C(O)C(O)C(O)C1O. The highest BCUT2D eigenvalue weighted by molar-refractivity contribution is 7.47. The number of unbranched alkanes of at least 4 members (excludes halogenated alkanes) is 21. The second kappa shape index (κ2) is 41.2. The zero-order valence-corrected chi connectivity index (χ0v) is 40.7. The number of hydrogen-bond acceptors (Lipinski definition) is 11. The maximum Gasteiger partial charge on any atom is 0.472 e. The molecule has 64 heavy (non-hydrogen) atoms. The summed E-state index contributed by atoms with van der Waals surface area (Å²) < 4.78 is 34.1. The van der Waals surface area contributed by atoms with Gasteiger partial charge in [-0.05, 0) is 38.5 Å². The molecule has 6 N–H and O–H groups in total. The predicted octanol–water partition coefficient (Wildman–Crippen LogP) is 11.0. The van der Waals surface area contributed by atoms with E-state index in [0.717, 1.165) is 44.9 Å². The fourth-order valence-electron chi connectivity index (χ4n) is 7.49. The Bertz CT molecular complexity index is 1290. The van der Waals surface area contributed by atoms with Crippen molar-refractivity contribution in [3.05, 3.63) is 60.8 Å². The molecule has 12 nitrogen and oxygen atoms in total. The van der Waals surface area contributed by atoms with Crippen LogP contribution in [-0.2, 0) is 27.9 Å². The number of phosphoric ester groups is 1. The molecule has 6 atom stereocenters. The first kappa shape index (κ1) is 60.1. The molecule has 0 radical (unpaired) electrons. The molecule has 0 amide bonds. The van der Waals surface area contributed by atoms with Crippen LogP contribution in [0.4, 0.5) is 0 Å². The molecule has 1 rings (SSSR count). The van der Waals surface area contributed by atoms with Crippen molar-refractivity contribution in [2.45, 2.75) is 236 Å². The minimum absolute atomic E-state index is 0.0463. The molecule has 1 aliphatic carbocycles. The number of aliphatic hydroxyl groups is 5. The Balaban J connectivity index is 2.36. The molecule has 0 aromatic heterocycles. The lowest BCUT2D eigenvalue weighted by Gasteiger charge is -2.41. The Kier molecular flexibility index (Phi) is 38.7. The topological polar surface area (TPSA) is 192 Å². The van der Waals surface area contributed by atoms with Crippen molar-refractivity contribution < 1.29 is 58.3 Å². The molecular formula is C51H91O12P. The van der Waals surface area contributed by atoms with Gasteiger partial charge in [0.15, 0.2) is 0 Å². The maximum absolute atomic E-state index is 12.8. The van der Waals surface area contributed by atoms with E-state index in [9.17, 15) is 39.8 Å². The Labute approximate surface area is 387 Å². The fraction of sp³-hybridized carbons (Fsp3) is 0.784. The summed E-state index contributed by atoms with van der Waals surface area (Å²) in [6.45, 7) is 4.06. The summed E-state index contributed by atoms with van der Waals surface area (Å²) in [4.78, 5) is 23.1. The summed E-state index contributed by atoms with van der Waals surface area (Å²) in [6, 6.07) is 0. The Morgan fingerprint density at radius 2 is 0.859 bits per heavy atom. The van der Waals surface area contributed by atoms with Gasteiger partial charge in [-0.2, -0.15) is 0 Å². The third-order valence-corrected chi connectivity index (χ3v) is 12.4. The predicted molar refractivity (Wildman–Crippen MR) is 258 cm³/mol. The monoisotopic (exact) mass is 927 g/mol. The second-order valence-corrected chi connectivity index (χ2v) is 18.7. The summed E-state index contributed by atoms with van der Waals surface area (Å²) in [7, 11) is -5.05. The van der Waals surface area contributed by atoms with Crippen LogP contribution < -0.4 is 0 Å². The average molecular weight is 927 g/mol. The molecule has 0 bridgehead atoms. The van der Waals surface area contributed by atoms with Gasteiger partial charge in [-0.3, -0.25) is 13.8 Å². The van der Waals surface area contributed by atoms with Crippen molar-refractivity contribution in [3.8, 4) is 0 Å². The zero-order valence-electron chi connectivity index (χ0n) is 39.8. The van der Waals surface area contributed by atoms with Crippen LogP contribution in [0.1, 0.15) is 194 Å². The molecule has 13 heteroatoms. The number of carbonyl (C=O) groups is 1. The standard InChI is InChI=1S/C51H91O12P/c1-3-5-7-9-11-13-15-17-19-20-21-22-23-24-25-27-29-31-33-35-37-39-41-60-42-44(43-61-64(58,59)63-51-49(56)47(54)46(53)48(55)50(51)57)62-45(52)40-38-36-34-32-30-28-26-18-16-14-12-10-8-6-4-2/h6,8,12,14,18,26,30,32,36,38,44,46-51,53-57H,3-5,7,9-11,13,15-17,19-25,27-29,31,33-35,37,39-43H2,1-2H3,(H,58,59)/b8-6-,14-12-,26-18-,32-30-,38-36-. The number of esters is 1. The summed E-state index contributed by atoms with van der Waals surface area (Å²) in [5.41, 5.74) is 0. The molecule has 6 unspecified atom stereocenters. The molecule has 0 spiro atoms. The number of hydrogen-bond donors (Lipinski definition) is 6. The van der Waals surface area contributed by atoms with Gasteiger partial charge in [0, 0.05) is 6.61 Å². The number of carbonyl (C=O) groups excluding carboxylic acids is 1. The second-order valence-electron chi connectivity index (χ2n) is 17.3. The molecule has 1 saturated carbocycles. The van der Waals surface area contributed by atoms with E-state index in [4.69, 9.17) is 18.5 Å². The highest BCUT2D eigenvalue weighted by Gasteiger charge is 2.51. The highest BCUT2D eigenvalue weighted by Crippen LogP contribution is 2.47. The fourth-order valence-corrected chi connectivity index (χ4v) is 8.46. The minimum atomic E-state index is -5.05. The van der Waals surface area contributed by atoms with E-state index >= 15 is 0 Å². The Morgan fingerprint density at radius 3 is 1.27 bits per heavy atom. The van der Waals surface area contributed by atoms with Crippen LogP contribution in [0.25, 0.3) is 0 Å². The van der Waals surface area contributed by atoms with Crippen molar-refractivity contribution in [1.82, 2.24) is 0 Å². The van der Waals surface area contributed by atoms with E-state index in [-0.39, 0.29) is 13.0 Å². The summed E-state index contributed by atoms with van der Waals surface area (Å²) >= 11 is 0. The molecule has 0 saturated heterocycles. The van der Waals surface area contributed by atoms with Crippen LogP contribution in [0.5, 0.6) is 0 Å². The van der Waals surface area contributed by atoms with E-state index in [1.807, 2.05) is 18.2 Å². The van der Waals surface area contributed by atoms with E-state index < -0.39 is 63.1 Å². The lowest BCUT2D eigenvalue weighted by atomic mass is 9.85. The van der Waals surface area contributed by atoms with Crippen LogP contribution in [0, 0.1) is 0 Å². The van der Waals surface area contributed by atoms with Crippen LogP contribution in [-0.4, -0.2) is 98.9 Å². The first-order valence-electron chi connectivity index (χ1n) is 25.1. The maximum atomic E-state index is 12.8. The number of phosphoric acid groups is 1. The van der Waals surface area contributed by atoms with Gasteiger partial charge < -0.3 is 39.9 Å². The van der Waals surface area contributed by atoms with Crippen molar-refractivity contribution in [2.75, 3.05) is 19.8 Å². The van der Waals surface area contributed by atoms with Crippen LogP contribution >= 0.6 is 7.82 Å². The van der Waals surface area contributed by atoms with Gasteiger partial charge in [0.05, 0.1) is 19.6 Å². The van der Waals surface area contributed by atoms with Gasteiger partial charge >= 0.3 is 13.8 Å². The van der Waals surface area contributed by atoms with Gasteiger partial charge in [-0.15, -0.1) is 0 Å². The lowest BCUT2D eigenvalue weighted by Crippen LogP contribution is -2.64. The van der Waals surface area contributed by atoms with Gasteiger partial charge in [0.25, 0.3) is 0 Å². The van der Waals surface area contributed by atoms with Crippen LogP contribution in [0.2, 0.25) is 0 Å². The first-order valence-corrected chi connectivity index (χ1v) is 26.6. The van der Waals surface area contributed by atoms with Gasteiger partial charge in [-0.1, -0.05) is 209 Å². The third-order valence-electron chi connectivity index (χ3n) is 11.4. The Morgan fingerprint density at radius 1 is 0.500 bits per heavy atom. The molecular weight excluding hydrogens is 836 g/mol. The Hall–Kier alpha value is -1.96. The van der Waals surface area contributed by atoms with E-state index in [1.54, 1.807) is 6.08 Å². The lowest BCUT2D eigenvalue weighted by molar-refractivity contribution is -0.220. The number of allylic oxidation sites excluding steroid dienone is 9. The van der Waals surface area contributed by atoms with Crippen molar-refractivity contribution in [3.63, 3.8) is 0 Å². The van der Waals surface area contributed by atoms with Gasteiger partial charge in [0.1, 0.15) is 42.7 Å². The first-order chi connectivity index (χ1) is 31.0. The van der Waals surface area contributed by atoms with E-state index in [1.165, 1.54) is 122 Å². The normalized spacial score (nSPS) is 22.2. The largest absolute Gasteiger partial charge is 0.472 e. The molecule has 0 aromatic rings. The summed E-state index contributed by atoms with van der Waals surface area (Å²) in [5, 5.41) is 50.2. The quantitative estimate of drug-likeness (QED) is 0.0147. The number of aliphatic hydroxyl groups excluding tert-OH is 5. The highest BCUT2D eigenvalue weighted by atomic mass is 31.2. The van der Waals surface area contributed by atoms with Crippen molar-refractivity contribution in [1.29, 1.82) is 0 Å². The third kappa shape index (κ3) is 32.7. The minimum Gasteiger partial charge on any atom is -0.457 e. The molecule has 1 fully saturated rings. The molecule has 0 aromatic carbocycles. The average Bonchev–Trinajstić information content (AvgIpc) is 3.28. The smallest absolute Gasteiger partial charge is 0.457 e. The molecule has 372 valence electrons. The zero-order chi connectivity index (χ0) is 46.9. The number of ether oxygens (including phenoxy) is 2. The summed E-state index contributed by atoms with van der Waals surface area (Å²) in [5.74, 6) is -0.602.